The molecular weight excluding hydrogens is 459 g/mol. The van der Waals surface area contributed by atoms with Crippen molar-refractivity contribution in [2.45, 2.75) is 19.4 Å². The molecule has 2 aromatic rings. The summed E-state index contributed by atoms with van der Waals surface area (Å²) in [6.45, 7) is 1.33. The monoisotopic (exact) mass is 480 g/mol. The summed E-state index contributed by atoms with van der Waals surface area (Å²) in [6.07, 6.45) is 0.561. The number of methoxy groups -OCH3 is 2. The molecule has 0 saturated carbocycles. The molecule has 0 unspecified atom stereocenters. The molecule has 0 bridgehead atoms. The van der Waals surface area contributed by atoms with Crippen molar-refractivity contribution < 1.29 is 24.2 Å². The van der Waals surface area contributed by atoms with Crippen LogP contribution in [0.15, 0.2) is 6.07 Å². The quantitative estimate of drug-likeness (QED) is 0.542. The number of hydrogen-bond donors (Lipinski definition) is 3. The highest BCUT2D eigenvalue weighted by Crippen LogP contribution is 2.31. The Morgan fingerprint density at radius 2 is 2.00 bits per heavy atom. The van der Waals surface area contributed by atoms with Crippen LogP contribution in [0.1, 0.15) is 17.0 Å². The first-order valence-corrected chi connectivity index (χ1v) is 9.27. The van der Waals surface area contributed by atoms with Crippen LogP contribution in [0, 0.1) is 0 Å². The highest BCUT2D eigenvalue weighted by Gasteiger charge is 2.23. The molecule has 0 fully saturated rings. The van der Waals surface area contributed by atoms with Gasteiger partial charge in [-0.25, -0.2) is 9.78 Å². The first-order chi connectivity index (χ1) is 13.5. The number of anilines is 2. The number of rotatable bonds is 7. The summed E-state index contributed by atoms with van der Waals surface area (Å²) in [5, 5.41) is 14.2. The van der Waals surface area contributed by atoms with Gasteiger partial charge in [-0.2, -0.15) is 9.97 Å². The number of nitrogens with zero attached hydrogens (tertiary/aromatic N) is 4. The summed E-state index contributed by atoms with van der Waals surface area (Å²) >= 11 is 1.37. The minimum atomic E-state index is -0.969. The molecule has 0 aromatic carbocycles. The molecule has 3 N–H and O–H groups in total. The van der Waals surface area contributed by atoms with Gasteiger partial charge in [0.05, 0.1) is 32.9 Å². The topological polar surface area (TPSA) is 139 Å². The molecule has 0 radical (unpaired) electrons. The number of carboxylic acid groups (broad SMARTS) is 1. The second kappa shape index (κ2) is 11.6. The van der Waals surface area contributed by atoms with Crippen LogP contribution in [-0.4, -0.2) is 59.4 Å². The zero-order valence-electron chi connectivity index (χ0n) is 16.2. The van der Waals surface area contributed by atoms with Gasteiger partial charge >= 0.3 is 18.0 Å². The van der Waals surface area contributed by atoms with E-state index < -0.39 is 12.0 Å². The lowest BCUT2D eigenvalue weighted by Crippen LogP contribution is -2.30. The fourth-order valence-corrected chi connectivity index (χ4v) is 3.64. The van der Waals surface area contributed by atoms with E-state index in [0.717, 1.165) is 10.6 Å². The summed E-state index contributed by atoms with van der Waals surface area (Å²) in [5.74, 6) is 0.129. The first kappa shape index (κ1) is 25.5. The molecule has 0 saturated heterocycles. The first-order valence-electron chi connectivity index (χ1n) is 8.45. The average molecular weight is 481 g/mol. The standard InChI is InChI=1S/C16H20N6O5S.2ClH/c1-26-12-7-11(19-15(20-12)27-2)22-6-4-9-10(8-22)28-16(18-9)21-14(25)17-5-3-13(23)24;;/h7H,3-6,8H2,1-2H3,(H,23,24)(H2,17,18,21,25);2*1H. The Labute approximate surface area is 189 Å². The van der Waals surface area contributed by atoms with Crippen LogP contribution in [0.3, 0.4) is 0 Å². The maximum atomic E-state index is 11.8. The summed E-state index contributed by atoms with van der Waals surface area (Å²) in [4.78, 5) is 38.3. The van der Waals surface area contributed by atoms with Gasteiger partial charge < -0.3 is 24.8 Å². The number of nitrogens with one attached hydrogen (secondary N) is 2. The number of amides is 2. The number of ether oxygens (including phenoxy) is 2. The number of carbonyl (C=O) groups is 2. The van der Waals surface area contributed by atoms with Gasteiger partial charge in [-0.05, 0) is 0 Å². The number of carboxylic acids is 1. The molecule has 2 aromatic heterocycles. The number of aliphatic carboxylic acids is 1. The number of carbonyl (C=O) groups excluding carboxylic acids is 1. The third-order valence-electron chi connectivity index (χ3n) is 3.96. The molecular formula is C16H22Cl2N6O5S. The SMILES string of the molecule is COc1cc(N2CCc3nc(NC(=O)NCCC(=O)O)sc3C2)nc(OC)n1.Cl.Cl. The van der Waals surface area contributed by atoms with Crippen molar-refractivity contribution in [2.75, 3.05) is 37.5 Å². The summed E-state index contributed by atoms with van der Waals surface area (Å²) < 4.78 is 10.3. The predicted octanol–water partition coefficient (Wildman–Crippen LogP) is 1.95. The van der Waals surface area contributed by atoms with Crippen molar-refractivity contribution in [1.82, 2.24) is 20.3 Å². The fourth-order valence-electron chi connectivity index (χ4n) is 2.62. The number of hydrogen-bond acceptors (Lipinski definition) is 9. The Kier molecular flexibility index (Phi) is 9.82. The molecule has 11 nitrogen and oxygen atoms in total. The number of thiazole rings is 1. The van der Waals surface area contributed by atoms with E-state index in [4.69, 9.17) is 14.6 Å². The average Bonchev–Trinajstić information content (AvgIpc) is 3.08. The normalized spacial score (nSPS) is 12.0. The largest absolute Gasteiger partial charge is 0.481 e. The van der Waals surface area contributed by atoms with E-state index >= 15 is 0 Å². The van der Waals surface area contributed by atoms with E-state index in [0.29, 0.717) is 36.3 Å². The Bertz CT molecular complexity index is 862. The predicted molar refractivity (Wildman–Crippen MR) is 116 cm³/mol. The molecule has 0 spiro atoms. The maximum Gasteiger partial charge on any atom is 0.321 e. The van der Waals surface area contributed by atoms with Gasteiger partial charge in [-0.15, -0.1) is 24.8 Å². The van der Waals surface area contributed by atoms with E-state index in [1.165, 1.54) is 25.6 Å². The smallest absolute Gasteiger partial charge is 0.321 e. The molecule has 1 aliphatic rings. The summed E-state index contributed by atoms with van der Waals surface area (Å²) in [5.41, 5.74) is 0.926. The van der Waals surface area contributed by atoms with Crippen molar-refractivity contribution in [3.63, 3.8) is 0 Å². The summed E-state index contributed by atoms with van der Waals surface area (Å²) in [7, 11) is 3.03. The van der Waals surface area contributed by atoms with Crippen LogP contribution in [0.4, 0.5) is 15.7 Å². The second-order valence-electron chi connectivity index (χ2n) is 5.84. The lowest BCUT2D eigenvalue weighted by molar-refractivity contribution is -0.136. The van der Waals surface area contributed by atoms with E-state index in [2.05, 4.69) is 30.5 Å². The van der Waals surface area contributed by atoms with Crippen LogP contribution in [0.5, 0.6) is 11.9 Å². The second-order valence-corrected chi connectivity index (χ2v) is 6.92. The molecule has 1 aliphatic heterocycles. The Morgan fingerprint density at radius 1 is 1.23 bits per heavy atom. The number of halogens is 2. The van der Waals surface area contributed by atoms with E-state index in [1.807, 2.05) is 0 Å². The van der Waals surface area contributed by atoms with E-state index in [9.17, 15) is 9.59 Å². The van der Waals surface area contributed by atoms with Crippen molar-refractivity contribution >= 4 is 59.1 Å². The Hall–Kier alpha value is -2.57. The van der Waals surface area contributed by atoms with E-state index in [1.54, 1.807) is 6.07 Å². The van der Waals surface area contributed by atoms with Crippen LogP contribution in [-0.2, 0) is 17.8 Å². The zero-order chi connectivity index (χ0) is 20.1. The highest BCUT2D eigenvalue weighted by molar-refractivity contribution is 7.15. The third-order valence-corrected chi connectivity index (χ3v) is 4.96. The van der Waals surface area contributed by atoms with Crippen LogP contribution >= 0.6 is 36.2 Å². The fraction of sp³-hybridized carbons (Fsp3) is 0.438. The number of fused-ring (bicyclic) bond motifs is 1. The van der Waals surface area contributed by atoms with E-state index in [-0.39, 0.29) is 43.8 Å². The van der Waals surface area contributed by atoms with Gasteiger partial charge in [0.25, 0.3) is 0 Å². The van der Waals surface area contributed by atoms with Gasteiger partial charge in [0.2, 0.25) is 5.88 Å². The van der Waals surface area contributed by atoms with Crippen molar-refractivity contribution in [2.24, 2.45) is 0 Å². The maximum absolute atomic E-state index is 11.8. The molecule has 0 atom stereocenters. The third kappa shape index (κ3) is 6.47. The van der Waals surface area contributed by atoms with Crippen molar-refractivity contribution in [3.8, 4) is 11.9 Å². The number of aromatic nitrogens is 3. The van der Waals surface area contributed by atoms with Crippen LogP contribution in [0.25, 0.3) is 0 Å². The Balaban J connectivity index is 0.00000225. The minimum absolute atomic E-state index is 0. The highest BCUT2D eigenvalue weighted by atomic mass is 35.5. The molecule has 3 rings (SSSR count). The van der Waals surface area contributed by atoms with Crippen LogP contribution in [0.2, 0.25) is 0 Å². The van der Waals surface area contributed by atoms with Gasteiger partial charge in [0, 0.05) is 30.5 Å². The summed E-state index contributed by atoms with van der Waals surface area (Å²) in [6, 6.07) is 1.49. The molecule has 3 heterocycles. The lowest BCUT2D eigenvalue weighted by Gasteiger charge is -2.27. The Morgan fingerprint density at radius 3 is 2.67 bits per heavy atom. The lowest BCUT2D eigenvalue weighted by atomic mass is 10.2. The van der Waals surface area contributed by atoms with Gasteiger partial charge in [0.1, 0.15) is 5.82 Å². The van der Waals surface area contributed by atoms with Gasteiger partial charge in [-0.1, -0.05) is 11.3 Å². The van der Waals surface area contributed by atoms with Crippen LogP contribution < -0.4 is 25.0 Å². The zero-order valence-corrected chi connectivity index (χ0v) is 18.7. The minimum Gasteiger partial charge on any atom is -0.481 e. The van der Waals surface area contributed by atoms with Gasteiger partial charge in [-0.3, -0.25) is 10.1 Å². The molecule has 30 heavy (non-hydrogen) atoms. The molecule has 14 heteroatoms. The van der Waals surface area contributed by atoms with Gasteiger partial charge in [0.15, 0.2) is 5.13 Å². The molecule has 2 amide bonds. The number of urea groups is 1. The van der Waals surface area contributed by atoms with Crippen molar-refractivity contribution in [1.29, 1.82) is 0 Å². The van der Waals surface area contributed by atoms with Crippen molar-refractivity contribution in [3.05, 3.63) is 16.6 Å². The molecule has 166 valence electrons. The molecule has 0 aliphatic carbocycles.